The summed E-state index contributed by atoms with van der Waals surface area (Å²) in [4.78, 5) is 4.30. The Balaban J connectivity index is 2.59. The monoisotopic (exact) mass is 216 g/mol. The second-order valence-corrected chi connectivity index (χ2v) is 3.97. The van der Waals surface area contributed by atoms with Crippen LogP contribution in [0.3, 0.4) is 0 Å². The molecule has 0 radical (unpaired) electrons. The van der Waals surface area contributed by atoms with Crippen molar-refractivity contribution < 1.29 is 0 Å². The summed E-state index contributed by atoms with van der Waals surface area (Å²) in [6.07, 6.45) is 0. The van der Waals surface area contributed by atoms with Crippen LogP contribution in [0.15, 0.2) is 24.3 Å². The first-order chi connectivity index (χ1) is 7.59. The summed E-state index contributed by atoms with van der Waals surface area (Å²) in [5.74, 6) is 1.66. The first kappa shape index (κ1) is 10.8. The van der Waals surface area contributed by atoms with E-state index in [1.165, 1.54) is 0 Å². The van der Waals surface area contributed by atoms with E-state index in [1.807, 2.05) is 49.7 Å². The molecule has 1 unspecified atom stereocenters. The maximum Gasteiger partial charge on any atom is 0.148 e. The molecule has 4 heteroatoms. The average Bonchev–Trinajstić information content (AvgIpc) is 2.57. The molecule has 4 nitrogen and oxygen atoms in total. The molecule has 0 saturated carbocycles. The Morgan fingerprint density at radius 3 is 2.50 bits per heavy atom. The Bertz CT molecular complexity index is 499. The van der Waals surface area contributed by atoms with Gasteiger partial charge in [-0.1, -0.05) is 18.2 Å². The number of hydrogen-bond donors (Lipinski definition) is 1. The van der Waals surface area contributed by atoms with Gasteiger partial charge in [-0.25, -0.2) is 9.67 Å². The van der Waals surface area contributed by atoms with Crippen LogP contribution in [-0.4, -0.2) is 14.8 Å². The number of para-hydroxylation sites is 1. The molecular weight excluding hydrogens is 200 g/mol. The molecule has 0 spiro atoms. The molecule has 1 aromatic carbocycles. The van der Waals surface area contributed by atoms with Crippen LogP contribution < -0.4 is 5.73 Å². The van der Waals surface area contributed by atoms with Crippen LogP contribution in [0.1, 0.15) is 30.2 Å². The molecule has 2 N–H and O–H groups in total. The quantitative estimate of drug-likeness (QED) is 0.834. The van der Waals surface area contributed by atoms with Gasteiger partial charge in [0.05, 0.1) is 5.69 Å². The Morgan fingerprint density at radius 1 is 1.25 bits per heavy atom. The smallest absolute Gasteiger partial charge is 0.148 e. The number of hydrogen-bond acceptors (Lipinski definition) is 3. The number of aryl methyl sites for hydroxylation is 2. The number of aromatic nitrogens is 3. The van der Waals surface area contributed by atoms with Gasteiger partial charge in [0.1, 0.15) is 11.6 Å². The van der Waals surface area contributed by atoms with Crippen molar-refractivity contribution >= 4 is 0 Å². The lowest BCUT2D eigenvalue weighted by Crippen LogP contribution is -2.11. The van der Waals surface area contributed by atoms with Gasteiger partial charge < -0.3 is 5.73 Å². The van der Waals surface area contributed by atoms with Crippen LogP contribution in [0.25, 0.3) is 5.69 Å². The predicted octanol–water partition coefficient (Wildman–Crippen LogP) is 1.90. The van der Waals surface area contributed by atoms with Crippen molar-refractivity contribution in [1.82, 2.24) is 14.8 Å². The van der Waals surface area contributed by atoms with E-state index in [4.69, 9.17) is 5.73 Å². The minimum absolute atomic E-state index is 0.0138. The fourth-order valence-corrected chi connectivity index (χ4v) is 1.81. The predicted molar refractivity (Wildman–Crippen MR) is 63.4 cm³/mol. The van der Waals surface area contributed by atoms with E-state index in [-0.39, 0.29) is 6.04 Å². The first-order valence-electron chi connectivity index (χ1n) is 5.34. The Morgan fingerprint density at radius 2 is 1.94 bits per heavy atom. The van der Waals surface area contributed by atoms with E-state index in [2.05, 4.69) is 10.1 Å². The van der Waals surface area contributed by atoms with E-state index in [1.54, 1.807) is 0 Å². The number of rotatable bonds is 2. The average molecular weight is 216 g/mol. The maximum atomic E-state index is 5.95. The van der Waals surface area contributed by atoms with Crippen molar-refractivity contribution in [3.8, 4) is 5.69 Å². The molecule has 0 aliphatic carbocycles. The summed E-state index contributed by atoms with van der Waals surface area (Å²) < 4.78 is 1.84. The molecular formula is C12H16N4. The molecule has 1 heterocycles. The van der Waals surface area contributed by atoms with E-state index >= 15 is 0 Å². The minimum Gasteiger partial charge on any atom is -0.324 e. The summed E-state index contributed by atoms with van der Waals surface area (Å²) in [5, 5.41) is 4.37. The van der Waals surface area contributed by atoms with Gasteiger partial charge in [-0.15, -0.1) is 0 Å². The molecule has 16 heavy (non-hydrogen) atoms. The Labute approximate surface area is 95.1 Å². The van der Waals surface area contributed by atoms with Crippen molar-refractivity contribution in [2.45, 2.75) is 26.8 Å². The summed E-state index contributed by atoms with van der Waals surface area (Å²) in [6, 6.07) is 8.00. The van der Waals surface area contributed by atoms with Crippen LogP contribution in [0, 0.1) is 13.8 Å². The highest BCUT2D eigenvalue weighted by atomic mass is 15.3. The number of benzene rings is 1. The lowest BCUT2D eigenvalue weighted by molar-refractivity contribution is 0.765. The highest BCUT2D eigenvalue weighted by Gasteiger charge is 2.11. The van der Waals surface area contributed by atoms with Gasteiger partial charge in [0.2, 0.25) is 0 Å². The fourth-order valence-electron chi connectivity index (χ4n) is 1.81. The zero-order chi connectivity index (χ0) is 11.7. The molecule has 0 saturated heterocycles. The van der Waals surface area contributed by atoms with Crippen molar-refractivity contribution in [2.24, 2.45) is 5.73 Å². The molecule has 0 fully saturated rings. The third kappa shape index (κ3) is 1.84. The topological polar surface area (TPSA) is 56.7 Å². The zero-order valence-corrected chi connectivity index (χ0v) is 9.81. The van der Waals surface area contributed by atoms with E-state index < -0.39 is 0 Å². The lowest BCUT2D eigenvalue weighted by atomic mass is 10.1. The minimum atomic E-state index is -0.0138. The zero-order valence-electron chi connectivity index (χ0n) is 9.81. The fraction of sp³-hybridized carbons (Fsp3) is 0.333. The largest absolute Gasteiger partial charge is 0.324 e. The molecule has 2 aromatic rings. The van der Waals surface area contributed by atoms with Gasteiger partial charge in [0, 0.05) is 6.04 Å². The SMILES string of the molecule is Cc1nc(C)n(-c2ccccc2C(C)N)n1. The molecule has 0 bridgehead atoms. The molecule has 1 aromatic heterocycles. The van der Waals surface area contributed by atoms with Crippen molar-refractivity contribution in [3.63, 3.8) is 0 Å². The van der Waals surface area contributed by atoms with Crippen LogP contribution in [-0.2, 0) is 0 Å². The summed E-state index contributed by atoms with van der Waals surface area (Å²) >= 11 is 0. The Hall–Kier alpha value is -1.68. The van der Waals surface area contributed by atoms with Gasteiger partial charge in [-0.3, -0.25) is 0 Å². The van der Waals surface area contributed by atoms with Crippen molar-refractivity contribution in [3.05, 3.63) is 41.5 Å². The summed E-state index contributed by atoms with van der Waals surface area (Å²) in [7, 11) is 0. The summed E-state index contributed by atoms with van der Waals surface area (Å²) in [5.41, 5.74) is 8.04. The van der Waals surface area contributed by atoms with Crippen LogP contribution >= 0.6 is 0 Å². The maximum absolute atomic E-state index is 5.95. The molecule has 2 rings (SSSR count). The van der Waals surface area contributed by atoms with Crippen molar-refractivity contribution in [1.29, 1.82) is 0 Å². The van der Waals surface area contributed by atoms with E-state index in [0.29, 0.717) is 0 Å². The van der Waals surface area contributed by atoms with Gasteiger partial charge in [-0.2, -0.15) is 5.10 Å². The van der Waals surface area contributed by atoms with E-state index in [0.717, 1.165) is 22.9 Å². The molecule has 84 valence electrons. The molecule has 1 atom stereocenters. The number of nitrogens with two attached hydrogens (primary N) is 1. The third-order valence-electron chi connectivity index (χ3n) is 2.53. The van der Waals surface area contributed by atoms with Crippen LogP contribution in [0.4, 0.5) is 0 Å². The van der Waals surface area contributed by atoms with E-state index in [9.17, 15) is 0 Å². The highest BCUT2D eigenvalue weighted by Crippen LogP contribution is 2.20. The Kier molecular flexibility index (Phi) is 2.75. The van der Waals surface area contributed by atoms with Gasteiger partial charge in [0.15, 0.2) is 0 Å². The van der Waals surface area contributed by atoms with Crippen LogP contribution in [0.2, 0.25) is 0 Å². The van der Waals surface area contributed by atoms with Crippen LogP contribution in [0.5, 0.6) is 0 Å². The number of nitrogens with zero attached hydrogens (tertiary/aromatic N) is 3. The summed E-state index contributed by atoms with van der Waals surface area (Å²) in [6.45, 7) is 5.80. The third-order valence-corrected chi connectivity index (χ3v) is 2.53. The molecule has 0 aliphatic heterocycles. The highest BCUT2D eigenvalue weighted by molar-refractivity contribution is 5.42. The molecule has 0 aliphatic rings. The standard InChI is InChI=1S/C12H16N4/c1-8(13)11-6-4-5-7-12(11)16-10(3)14-9(2)15-16/h4-8H,13H2,1-3H3. The van der Waals surface area contributed by atoms with Gasteiger partial charge in [0.25, 0.3) is 0 Å². The van der Waals surface area contributed by atoms with Gasteiger partial charge >= 0.3 is 0 Å². The van der Waals surface area contributed by atoms with Crippen molar-refractivity contribution in [2.75, 3.05) is 0 Å². The second-order valence-electron chi connectivity index (χ2n) is 3.97. The van der Waals surface area contributed by atoms with Gasteiger partial charge in [-0.05, 0) is 32.4 Å². The first-order valence-corrected chi connectivity index (χ1v) is 5.34. The second kappa shape index (κ2) is 4.06. The normalized spacial score (nSPS) is 12.8. The lowest BCUT2D eigenvalue weighted by Gasteiger charge is -2.12. The molecule has 0 amide bonds.